The molecule has 120 valence electrons. The fourth-order valence-corrected chi connectivity index (χ4v) is 2.52. The summed E-state index contributed by atoms with van der Waals surface area (Å²) in [7, 11) is 0. The molecule has 7 heteroatoms. The topological polar surface area (TPSA) is 85.0 Å². The average Bonchev–Trinajstić information content (AvgIpc) is 3.08. The zero-order valence-electron chi connectivity index (χ0n) is 13.2. The maximum absolute atomic E-state index is 11.7. The fourth-order valence-electron chi connectivity index (χ4n) is 2.52. The van der Waals surface area contributed by atoms with E-state index in [0.29, 0.717) is 24.7 Å². The van der Waals surface area contributed by atoms with Crippen LogP contribution in [0.15, 0.2) is 30.3 Å². The van der Waals surface area contributed by atoms with Crippen molar-refractivity contribution in [2.24, 2.45) is 0 Å². The van der Waals surface area contributed by atoms with Crippen LogP contribution in [0.1, 0.15) is 19.0 Å². The lowest BCUT2D eigenvalue weighted by Gasteiger charge is -2.10. The molecule has 0 radical (unpaired) electrons. The molecule has 0 saturated heterocycles. The zero-order valence-corrected chi connectivity index (χ0v) is 13.2. The molecular formula is C16H19N5O2. The lowest BCUT2D eigenvalue weighted by atomic mass is 10.3. The van der Waals surface area contributed by atoms with E-state index in [4.69, 9.17) is 0 Å². The number of rotatable bonds is 5. The van der Waals surface area contributed by atoms with E-state index < -0.39 is 0 Å². The number of nitrogens with one attached hydrogen (secondary N) is 1. The highest BCUT2D eigenvalue weighted by atomic mass is 16.3. The van der Waals surface area contributed by atoms with Crippen molar-refractivity contribution in [2.45, 2.75) is 26.8 Å². The molecule has 0 spiro atoms. The molecule has 2 N–H and O–H groups in total. The summed E-state index contributed by atoms with van der Waals surface area (Å²) < 4.78 is 3.50. The Kier molecular flexibility index (Phi) is 4.12. The van der Waals surface area contributed by atoms with Crippen LogP contribution in [0.3, 0.4) is 0 Å². The molecule has 1 amide bonds. The average molecular weight is 313 g/mol. The van der Waals surface area contributed by atoms with Crippen LogP contribution >= 0.6 is 0 Å². The van der Waals surface area contributed by atoms with Crippen LogP contribution in [0.4, 0.5) is 5.82 Å². The van der Waals surface area contributed by atoms with E-state index in [0.717, 1.165) is 16.7 Å². The normalized spacial score (nSPS) is 11.1. The summed E-state index contributed by atoms with van der Waals surface area (Å²) >= 11 is 0. The van der Waals surface area contributed by atoms with Gasteiger partial charge in [-0.25, -0.2) is 4.98 Å². The van der Waals surface area contributed by atoms with Gasteiger partial charge in [0.2, 0.25) is 11.9 Å². The van der Waals surface area contributed by atoms with Crippen molar-refractivity contribution in [3.05, 3.63) is 36.0 Å². The molecule has 0 aliphatic rings. The van der Waals surface area contributed by atoms with Crippen LogP contribution in [-0.4, -0.2) is 37.0 Å². The highest BCUT2D eigenvalue weighted by Gasteiger charge is 2.17. The van der Waals surface area contributed by atoms with Gasteiger partial charge in [0, 0.05) is 19.0 Å². The molecule has 0 aliphatic carbocycles. The van der Waals surface area contributed by atoms with Crippen molar-refractivity contribution in [3.63, 3.8) is 0 Å². The number of aromatic nitrogens is 4. The number of aliphatic hydroxyl groups is 1. The SMILES string of the molecule is CCC(=O)Nc1cc(C)nn1-c1nc2ccccc2n1CCO. The number of aryl methyl sites for hydroxylation is 1. The number of imidazole rings is 1. The van der Waals surface area contributed by atoms with E-state index in [2.05, 4.69) is 15.4 Å². The number of amides is 1. The Labute approximate surface area is 133 Å². The molecule has 2 aromatic heterocycles. The summed E-state index contributed by atoms with van der Waals surface area (Å²) in [5.74, 6) is 1.06. The largest absolute Gasteiger partial charge is 0.395 e. The van der Waals surface area contributed by atoms with E-state index in [1.165, 1.54) is 0 Å². The first-order chi connectivity index (χ1) is 11.1. The van der Waals surface area contributed by atoms with Crippen molar-refractivity contribution in [1.29, 1.82) is 0 Å². The molecule has 23 heavy (non-hydrogen) atoms. The van der Waals surface area contributed by atoms with Crippen LogP contribution < -0.4 is 5.32 Å². The molecule has 0 saturated carbocycles. The Morgan fingerprint density at radius 3 is 2.87 bits per heavy atom. The minimum atomic E-state index is -0.0871. The lowest BCUT2D eigenvalue weighted by molar-refractivity contribution is -0.115. The van der Waals surface area contributed by atoms with E-state index in [1.54, 1.807) is 17.7 Å². The summed E-state index contributed by atoms with van der Waals surface area (Å²) in [5, 5.41) is 16.7. The first-order valence-corrected chi connectivity index (χ1v) is 7.57. The van der Waals surface area contributed by atoms with Gasteiger partial charge in [0.25, 0.3) is 0 Å². The van der Waals surface area contributed by atoms with Crippen molar-refractivity contribution in [2.75, 3.05) is 11.9 Å². The van der Waals surface area contributed by atoms with Gasteiger partial charge in [0.15, 0.2) is 0 Å². The smallest absolute Gasteiger partial charge is 0.233 e. The first-order valence-electron chi connectivity index (χ1n) is 7.57. The summed E-state index contributed by atoms with van der Waals surface area (Å²) in [6, 6.07) is 9.50. The van der Waals surface area contributed by atoms with Crippen LogP contribution in [0, 0.1) is 6.92 Å². The minimum absolute atomic E-state index is 0.00967. The predicted molar refractivity (Wildman–Crippen MR) is 87.6 cm³/mol. The van der Waals surface area contributed by atoms with Crippen molar-refractivity contribution in [3.8, 4) is 5.95 Å². The molecule has 3 aromatic rings. The molecule has 0 atom stereocenters. The number of fused-ring (bicyclic) bond motifs is 1. The third kappa shape index (κ3) is 2.83. The standard InChI is InChI=1S/C16H19N5O2/c1-3-15(23)18-14-10-11(2)19-21(14)16-17-12-6-4-5-7-13(12)20(16)8-9-22/h4-7,10,22H,3,8-9H2,1-2H3,(H,18,23). The minimum Gasteiger partial charge on any atom is -0.395 e. The van der Waals surface area contributed by atoms with Crippen LogP contribution in [0.2, 0.25) is 0 Å². The Morgan fingerprint density at radius 2 is 2.13 bits per heavy atom. The Bertz CT molecular complexity index is 849. The van der Waals surface area contributed by atoms with Gasteiger partial charge in [0.05, 0.1) is 23.3 Å². The molecule has 0 unspecified atom stereocenters. The maximum atomic E-state index is 11.7. The highest BCUT2D eigenvalue weighted by Crippen LogP contribution is 2.22. The Balaban J connectivity index is 2.16. The number of aliphatic hydroxyl groups excluding tert-OH is 1. The van der Waals surface area contributed by atoms with Crippen molar-refractivity contribution < 1.29 is 9.90 Å². The zero-order chi connectivity index (χ0) is 16.4. The van der Waals surface area contributed by atoms with E-state index in [1.807, 2.05) is 35.8 Å². The molecule has 3 rings (SSSR count). The molecule has 7 nitrogen and oxygen atoms in total. The molecule has 0 aliphatic heterocycles. The van der Waals surface area contributed by atoms with Gasteiger partial charge in [0.1, 0.15) is 5.82 Å². The van der Waals surface area contributed by atoms with Gasteiger partial charge in [-0.05, 0) is 19.1 Å². The molecule has 0 bridgehead atoms. The van der Waals surface area contributed by atoms with E-state index in [9.17, 15) is 9.90 Å². The number of nitrogens with zero attached hydrogens (tertiary/aromatic N) is 4. The van der Waals surface area contributed by atoms with Crippen LogP contribution in [0.25, 0.3) is 17.0 Å². The van der Waals surface area contributed by atoms with Gasteiger partial charge in [-0.3, -0.25) is 4.79 Å². The van der Waals surface area contributed by atoms with Gasteiger partial charge < -0.3 is 15.0 Å². The van der Waals surface area contributed by atoms with Crippen LogP contribution in [-0.2, 0) is 11.3 Å². The van der Waals surface area contributed by atoms with Gasteiger partial charge in [-0.1, -0.05) is 19.1 Å². The summed E-state index contributed by atoms with van der Waals surface area (Å²) in [4.78, 5) is 16.3. The Morgan fingerprint density at radius 1 is 1.35 bits per heavy atom. The van der Waals surface area contributed by atoms with E-state index in [-0.39, 0.29) is 12.5 Å². The summed E-state index contributed by atoms with van der Waals surface area (Å²) in [6.07, 6.45) is 0.386. The van der Waals surface area contributed by atoms with Crippen molar-refractivity contribution >= 4 is 22.8 Å². The fraction of sp³-hybridized carbons (Fsp3) is 0.312. The number of hydrogen-bond donors (Lipinski definition) is 2. The monoisotopic (exact) mass is 313 g/mol. The number of carbonyl (C=O) groups is 1. The number of hydrogen-bond acceptors (Lipinski definition) is 4. The van der Waals surface area contributed by atoms with Crippen LogP contribution in [0.5, 0.6) is 0 Å². The third-order valence-corrected chi connectivity index (χ3v) is 3.57. The molecule has 1 aromatic carbocycles. The molecular weight excluding hydrogens is 294 g/mol. The molecule has 0 fully saturated rings. The number of anilines is 1. The van der Waals surface area contributed by atoms with Gasteiger partial charge in [-0.2, -0.15) is 9.78 Å². The predicted octanol–water partition coefficient (Wildman–Crippen LogP) is 1.87. The first kappa shape index (κ1) is 15.2. The second-order valence-corrected chi connectivity index (χ2v) is 5.26. The third-order valence-electron chi connectivity index (χ3n) is 3.57. The lowest BCUT2D eigenvalue weighted by Crippen LogP contribution is -2.16. The molecule has 2 heterocycles. The van der Waals surface area contributed by atoms with E-state index >= 15 is 0 Å². The number of benzene rings is 1. The quantitative estimate of drug-likeness (QED) is 0.753. The number of carbonyl (C=O) groups excluding carboxylic acids is 1. The summed E-state index contributed by atoms with van der Waals surface area (Å²) in [6.45, 7) is 4.04. The van der Waals surface area contributed by atoms with Gasteiger partial charge in [-0.15, -0.1) is 0 Å². The van der Waals surface area contributed by atoms with Gasteiger partial charge >= 0.3 is 0 Å². The summed E-state index contributed by atoms with van der Waals surface area (Å²) in [5.41, 5.74) is 2.51. The second kappa shape index (κ2) is 6.21. The maximum Gasteiger partial charge on any atom is 0.233 e. The Hall–Kier alpha value is -2.67. The van der Waals surface area contributed by atoms with Crippen molar-refractivity contribution in [1.82, 2.24) is 19.3 Å². The highest BCUT2D eigenvalue weighted by molar-refractivity contribution is 5.90. The second-order valence-electron chi connectivity index (χ2n) is 5.26. The number of para-hydroxylation sites is 2.